The number of ether oxygens (including phenoxy) is 1. The lowest BCUT2D eigenvalue weighted by molar-refractivity contribution is -0.268. The minimum atomic E-state index is -1.56. The summed E-state index contributed by atoms with van der Waals surface area (Å²) in [6.07, 6.45) is 19.0. The summed E-state index contributed by atoms with van der Waals surface area (Å²) < 4.78 is 12.8. The molecule has 214 valence electrons. The van der Waals surface area contributed by atoms with E-state index in [4.69, 9.17) is 6.11 Å². The van der Waals surface area contributed by atoms with Crippen LogP contribution in [0, 0.1) is 0 Å². The summed E-state index contributed by atoms with van der Waals surface area (Å²) in [6.45, 7) is 1.71. The zero-order valence-electron chi connectivity index (χ0n) is 24.0. The normalized spacial score (nSPS) is 24.6. The Labute approximate surface area is 222 Å². The second-order valence-electron chi connectivity index (χ2n) is 10.7. The van der Waals surface area contributed by atoms with Crippen molar-refractivity contribution >= 4 is 5.91 Å². The number of nitrogens with zero attached hydrogens (tertiary/aromatic N) is 1. The Kier molecular flexibility index (Phi) is 18.6. The number of hydrogen-bond donors (Lipinski definition) is 4. The minimum Gasteiger partial charge on any atom is -0.394 e. The van der Waals surface area contributed by atoms with Crippen LogP contribution >= 0.6 is 0 Å². The molecular weight excluding hydrogens is 458 g/mol. The molecule has 1 amide bonds. The molecule has 1 aliphatic heterocycles. The molecule has 1 fully saturated rings. The number of amides is 1. The van der Waals surface area contributed by atoms with Gasteiger partial charge in [-0.15, -0.1) is 0 Å². The molecule has 7 heteroatoms. The number of carbonyl (C=O) groups is 1. The Balaban J connectivity index is 1.99. The monoisotopic (exact) mass is 516 g/mol. The van der Waals surface area contributed by atoms with E-state index in [1.807, 2.05) is 0 Å². The second-order valence-corrected chi connectivity index (χ2v) is 10.7. The number of likely N-dealkylation sites (N-methyl/N-ethyl adjacent to an activating group) is 1. The van der Waals surface area contributed by atoms with Crippen LogP contribution in [0.15, 0.2) is 0 Å². The summed E-state index contributed by atoms with van der Waals surface area (Å²) in [5.74, 6) is -0.344. The van der Waals surface area contributed by atoms with Crippen LogP contribution in [-0.4, -0.2) is 75.5 Å². The van der Waals surface area contributed by atoms with Crippen LogP contribution in [0.25, 0.3) is 0 Å². The molecule has 1 saturated heterocycles. The molecular formula is C29H57NO6. The van der Waals surface area contributed by atoms with Gasteiger partial charge in [0.15, 0.2) is 6.29 Å². The first-order valence-corrected chi connectivity index (χ1v) is 14.9. The molecule has 1 heterocycles. The third-order valence-electron chi connectivity index (χ3n) is 7.54. The van der Waals surface area contributed by atoms with Crippen LogP contribution in [0.5, 0.6) is 0 Å². The molecule has 0 aromatic heterocycles. The average Bonchev–Trinajstić information content (AvgIpc) is 2.89. The van der Waals surface area contributed by atoms with Crippen LogP contribution < -0.4 is 0 Å². The van der Waals surface area contributed by atoms with Crippen LogP contribution in [0.1, 0.15) is 137 Å². The summed E-state index contributed by atoms with van der Waals surface area (Å²) in [4.78, 5) is 13.7. The van der Waals surface area contributed by atoms with Crippen molar-refractivity contribution in [1.82, 2.24) is 4.90 Å². The Morgan fingerprint density at radius 2 is 1.14 bits per heavy atom. The van der Waals surface area contributed by atoms with Gasteiger partial charge in [-0.1, -0.05) is 122 Å². The van der Waals surface area contributed by atoms with Gasteiger partial charge in [0, 0.05) is 14.8 Å². The first-order chi connectivity index (χ1) is 18.0. The number of aliphatic hydroxyl groups excluding tert-OH is 4. The highest BCUT2D eigenvalue weighted by Crippen LogP contribution is 2.24. The standard InChI is InChI=1S/C29H57NO6/c1-3-4-5-6-7-8-9-10-11-12-13-14-15-16-17-18-19-20-21-22-25(32)30(2)26-28(34)27(33)24(23-31)36-29(26)35/h24,26-29,31,33-35H,3-23H2,1-2H3/t24-,26-,27-,28-,29?/m1/s1/i2D. The summed E-state index contributed by atoms with van der Waals surface area (Å²) >= 11 is 0. The van der Waals surface area contributed by atoms with Gasteiger partial charge in [-0.05, 0) is 6.42 Å². The molecule has 5 atom stereocenters. The van der Waals surface area contributed by atoms with Gasteiger partial charge in [0.2, 0.25) is 5.91 Å². The maximum Gasteiger partial charge on any atom is 0.222 e. The van der Waals surface area contributed by atoms with Crippen LogP contribution in [0.4, 0.5) is 0 Å². The van der Waals surface area contributed by atoms with Crippen molar-refractivity contribution in [2.24, 2.45) is 0 Å². The predicted octanol–water partition coefficient (Wildman–Crippen LogP) is 5.07. The van der Waals surface area contributed by atoms with Gasteiger partial charge in [0.1, 0.15) is 24.4 Å². The van der Waals surface area contributed by atoms with E-state index in [2.05, 4.69) is 6.92 Å². The van der Waals surface area contributed by atoms with Crippen LogP contribution in [0.3, 0.4) is 0 Å². The first kappa shape index (κ1) is 31.5. The molecule has 0 spiro atoms. The molecule has 1 aliphatic rings. The highest BCUT2D eigenvalue weighted by atomic mass is 16.6. The van der Waals surface area contributed by atoms with Crippen molar-refractivity contribution in [2.75, 3.05) is 13.6 Å². The molecule has 0 aromatic rings. The van der Waals surface area contributed by atoms with E-state index in [9.17, 15) is 25.2 Å². The molecule has 0 bridgehead atoms. The van der Waals surface area contributed by atoms with E-state index < -0.39 is 44.3 Å². The SMILES string of the molecule is [2H]CN(C(=O)CCCCCCCCCCCCCCCCCCCCC)[C@H]1C(O)O[C@H](CO)[C@@H](O)[C@@H]1O. The summed E-state index contributed by atoms with van der Waals surface area (Å²) in [5, 5.41) is 39.7. The number of hydrogen-bond acceptors (Lipinski definition) is 6. The van der Waals surface area contributed by atoms with Gasteiger partial charge in [-0.25, -0.2) is 0 Å². The van der Waals surface area contributed by atoms with Crippen molar-refractivity contribution in [2.45, 2.75) is 166 Å². The summed E-state index contributed by atoms with van der Waals surface area (Å²) in [7, 11) is -0.448. The van der Waals surface area contributed by atoms with E-state index in [0.717, 1.165) is 24.2 Å². The quantitative estimate of drug-likeness (QED) is 0.150. The van der Waals surface area contributed by atoms with E-state index in [1.165, 1.54) is 96.3 Å². The molecule has 1 unspecified atom stereocenters. The van der Waals surface area contributed by atoms with Gasteiger partial charge in [0.05, 0.1) is 6.61 Å². The van der Waals surface area contributed by atoms with Gasteiger partial charge in [-0.2, -0.15) is 0 Å². The van der Waals surface area contributed by atoms with Gasteiger partial charge >= 0.3 is 0 Å². The molecule has 0 saturated carbocycles. The second kappa shape index (κ2) is 21.2. The Morgan fingerprint density at radius 1 is 0.722 bits per heavy atom. The largest absolute Gasteiger partial charge is 0.394 e. The first-order valence-electron chi connectivity index (χ1n) is 15.6. The lowest BCUT2D eigenvalue weighted by atomic mass is 9.95. The number of unbranched alkanes of at least 4 members (excludes halogenated alkanes) is 18. The lowest BCUT2D eigenvalue weighted by Gasteiger charge is -2.43. The lowest BCUT2D eigenvalue weighted by Crippen LogP contribution is -2.64. The third-order valence-corrected chi connectivity index (χ3v) is 7.54. The van der Waals surface area contributed by atoms with Crippen LogP contribution in [-0.2, 0) is 9.53 Å². The zero-order valence-corrected chi connectivity index (χ0v) is 23.0. The molecule has 7 nitrogen and oxygen atoms in total. The Bertz CT molecular complexity index is 554. The molecule has 1 rings (SSSR count). The smallest absolute Gasteiger partial charge is 0.222 e. The summed E-state index contributed by atoms with van der Waals surface area (Å²) in [6, 6.07) is -1.22. The Morgan fingerprint density at radius 3 is 1.53 bits per heavy atom. The maximum atomic E-state index is 12.6. The summed E-state index contributed by atoms with van der Waals surface area (Å²) in [5.41, 5.74) is 0. The average molecular weight is 517 g/mol. The minimum absolute atomic E-state index is 0.229. The maximum absolute atomic E-state index is 12.6. The van der Waals surface area contributed by atoms with Gasteiger partial charge in [-0.3, -0.25) is 4.79 Å². The van der Waals surface area contributed by atoms with Gasteiger partial charge < -0.3 is 30.1 Å². The highest BCUT2D eigenvalue weighted by molar-refractivity contribution is 5.76. The molecule has 0 aliphatic carbocycles. The fraction of sp³-hybridized carbons (Fsp3) is 0.966. The van der Waals surface area contributed by atoms with Crippen molar-refractivity contribution in [3.63, 3.8) is 0 Å². The fourth-order valence-corrected chi connectivity index (χ4v) is 5.08. The zero-order chi connectivity index (χ0) is 27.3. The molecule has 0 aromatic carbocycles. The number of rotatable bonds is 22. The predicted molar refractivity (Wildman–Crippen MR) is 145 cm³/mol. The van der Waals surface area contributed by atoms with Crippen molar-refractivity contribution in [3.8, 4) is 0 Å². The van der Waals surface area contributed by atoms with Crippen molar-refractivity contribution in [3.05, 3.63) is 0 Å². The fourth-order valence-electron chi connectivity index (χ4n) is 5.08. The third kappa shape index (κ3) is 13.7. The van der Waals surface area contributed by atoms with E-state index in [-0.39, 0.29) is 12.3 Å². The van der Waals surface area contributed by atoms with E-state index >= 15 is 0 Å². The van der Waals surface area contributed by atoms with Crippen molar-refractivity contribution < 1.29 is 31.3 Å². The van der Waals surface area contributed by atoms with Crippen LogP contribution in [0.2, 0.25) is 0 Å². The van der Waals surface area contributed by atoms with E-state index in [0.29, 0.717) is 6.42 Å². The molecule has 4 N–H and O–H groups in total. The number of carbonyl (C=O) groups excluding carboxylic acids is 1. The van der Waals surface area contributed by atoms with E-state index in [1.54, 1.807) is 0 Å². The highest BCUT2D eigenvalue weighted by Gasteiger charge is 2.46. The Hall–Kier alpha value is -0.730. The van der Waals surface area contributed by atoms with Gasteiger partial charge in [0.25, 0.3) is 0 Å². The molecule has 36 heavy (non-hydrogen) atoms. The van der Waals surface area contributed by atoms with Crippen molar-refractivity contribution in [1.29, 1.82) is 0 Å². The molecule has 0 radical (unpaired) electrons. The number of aliphatic hydroxyl groups is 4. The topological polar surface area (TPSA) is 110 Å².